The second-order valence-electron chi connectivity index (χ2n) is 19.9. The lowest BCUT2D eigenvalue weighted by Gasteiger charge is -2.24. The zero-order valence-corrected chi connectivity index (χ0v) is 38.7. The van der Waals surface area contributed by atoms with Gasteiger partial charge in [-0.2, -0.15) is 18.4 Å². The number of rotatable bonds is 4. The molecule has 0 fully saturated rings. The molecule has 11 aromatic rings. The maximum atomic E-state index is 14.9. The summed E-state index contributed by atoms with van der Waals surface area (Å²) in [5.74, 6) is 0. The van der Waals surface area contributed by atoms with E-state index in [2.05, 4.69) is 164 Å². The molecule has 69 heavy (non-hydrogen) atoms. The fourth-order valence-corrected chi connectivity index (χ4v) is 12.6. The third-order valence-electron chi connectivity index (χ3n) is 15.4. The summed E-state index contributed by atoms with van der Waals surface area (Å²) < 4.78 is 49.1. The molecule has 13 rings (SSSR count). The van der Waals surface area contributed by atoms with Crippen LogP contribution in [0.1, 0.15) is 66.6 Å². The molecule has 0 spiro atoms. The molecule has 0 amide bonds. The Hall–Kier alpha value is -8.14. The Balaban J connectivity index is 1.18. The van der Waals surface area contributed by atoms with Crippen LogP contribution >= 0.6 is 0 Å². The van der Waals surface area contributed by atoms with Crippen LogP contribution in [0.3, 0.4) is 0 Å². The topological polar surface area (TPSA) is 33.6 Å². The smallest absolute Gasteiger partial charge is 0.309 e. The number of para-hydroxylation sites is 2. The number of hydrogen-bond acceptors (Lipinski definition) is 1. The first-order chi connectivity index (χ1) is 33.3. The second-order valence-corrected chi connectivity index (χ2v) is 19.9. The van der Waals surface area contributed by atoms with Crippen molar-refractivity contribution in [3.05, 3.63) is 215 Å². The van der Waals surface area contributed by atoms with E-state index in [1.807, 2.05) is 42.5 Å². The summed E-state index contributed by atoms with van der Waals surface area (Å²) in [4.78, 5) is 0. The summed E-state index contributed by atoms with van der Waals surface area (Å²) in [5.41, 5.74) is 17.1. The number of halogens is 3. The van der Waals surface area contributed by atoms with E-state index >= 15 is 0 Å². The summed E-state index contributed by atoms with van der Waals surface area (Å²) in [6, 6.07) is 61.6. The monoisotopic (exact) mass is 899 g/mol. The lowest BCUT2D eigenvalue weighted by Crippen LogP contribution is -2.15. The van der Waals surface area contributed by atoms with Gasteiger partial charge in [-0.3, -0.25) is 0 Å². The fourth-order valence-electron chi connectivity index (χ4n) is 12.6. The van der Waals surface area contributed by atoms with Crippen LogP contribution in [0, 0.1) is 18.3 Å². The van der Waals surface area contributed by atoms with Crippen LogP contribution in [-0.2, 0) is 17.0 Å². The number of nitrogens with zero attached hydrogens (tertiary/aromatic N) is 3. The van der Waals surface area contributed by atoms with Crippen LogP contribution in [0.4, 0.5) is 13.2 Å². The van der Waals surface area contributed by atoms with E-state index in [-0.39, 0.29) is 10.8 Å². The average molecular weight is 900 g/mol. The number of nitriles is 1. The number of benzene rings is 9. The lowest BCUT2D eigenvalue weighted by molar-refractivity contribution is -0.137. The molecule has 2 aromatic heterocycles. The molecule has 0 atom stereocenters. The maximum absolute atomic E-state index is 14.9. The van der Waals surface area contributed by atoms with Crippen LogP contribution in [0.5, 0.6) is 0 Å². The Morgan fingerprint density at radius 1 is 0.464 bits per heavy atom. The van der Waals surface area contributed by atoms with Gasteiger partial charge in [-0.15, -0.1) is 0 Å². The molecular weight excluding hydrogens is 856 g/mol. The standard InChI is InChI=1S/C63H44F3N3/c1-36-32-38(34-39(33-36)63(64,65)66)40-21-15-27-52(69-50-25-13-9-20-46(50)58-54(69)31-29-44-42-18-7-11-23-48(42)62(4,5)60(44)58)56(40)55-37(35-67)16-14-26-51(55)68-49-24-12-8-19-45(49)57-53(68)30-28-43-41-17-6-10-22-47(41)61(2,3)59(43)57/h6-34H,1-5H3. The molecule has 9 aromatic carbocycles. The Labute approximate surface area is 398 Å². The SMILES string of the molecule is Cc1cc(-c2cccc(-n3c4ccccc4c4c5c(ccc43)-c3ccccc3C5(C)C)c2-c2c(C#N)cccc2-n2c3ccccc3c3c4c(ccc32)-c2ccccc2C4(C)C)cc(C(F)(F)F)c1. The van der Waals surface area contributed by atoms with E-state index in [0.717, 1.165) is 55.0 Å². The minimum atomic E-state index is -4.58. The Morgan fingerprint density at radius 3 is 1.48 bits per heavy atom. The second kappa shape index (κ2) is 14.2. The van der Waals surface area contributed by atoms with Gasteiger partial charge in [-0.05, 0) is 123 Å². The Kier molecular flexibility index (Phi) is 8.45. The van der Waals surface area contributed by atoms with E-state index in [4.69, 9.17) is 0 Å². The molecule has 332 valence electrons. The molecule has 2 aliphatic carbocycles. The molecule has 0 saturated carbocycles. The van der Waals surface area contributed by atoms with Gasteiger partial charge in [0.05, 0.1) is 50.6 Å². The first-order valence-electron chi connectivity index (χ1n) is 23.5. The first-order valence-corrected chi connectivity index (χ1v) is 23.5. The lowest BCUT2D eigenvalue weighted by atomic mass is 9.80. The van der Waals surface area contributed by atoms with Crippen molar-refractivity contribution < 1.29 is 13.2 Å². The fraction of sp³-hybridized carbons (Fsp3) is 0.127. The Morgan fingerprint density at radius 2 is 0.942 bits per heavy atom. The summed E-state index contributed by atoms with van der Waals surface area (Å²) in [6.45, 7) is 10.9. The van der Waals surface area contributed by atoms with Gasteiger partial charge in [-0.25, -0.2) is 0 Å². The predicted molar refractivity (Wildman–Crippen MR) is 276 cm³/mol. The highest BCUT2D eigenvalue weighted by molar-refractivity contribution is 6.17. The highest BCUT2D eigenvalue weighted by atomic mass is 19.4. The molecule has 0 N–H and O–H groups in total. The van der Waals surface area contributed by atoms with Crippen molar-refractivity contribution in [1.29, 1.82) is 5.26 Å². The minimum Gasteiger partial charge on any atom is -0.309 e. The largest absolute Gasteiger partial charge is 0.416 e. The molecule has 2 heterocycles. The summed E-state index contributed by atoms with van der Waals surface area (Å²) >= 11 is 0. The van der Waals surface area contributed by atoms with Gasteiger partial charge in [0.15, 0.2) is 0 Å². The molecule has 6 heteroatoms. The number of alkyl halides is 3. The number of aryl methyl sites for hydroxylation is 1. The number of hydrogen-bond donors (Lipinski definition) is 0. The zero-order chi connectivity index (χ0) is 47.3. The highest BCUT2D eigenvalue weighted by Gasteiger charge is 2.40. The number of fused-ring (bicyclic) bond motifs is 14. The first kappa shape index (κ1) is 41.1. The van der Waals surface area contributed by atoms with Gasteiger partial charge < -0.3 is 9.13 Å². The van der Waals surface area contributed by atoms with Crippen molar-refractivity contribution in [2.45, 2.75) is 51.6 Å². The van der Waals surface area contributed by atoms with E-state index in [1.165, 1.54) is 56.6 Å². The van der Waals surface area contributed by atoms with Crippen molar-refractivity contribution in [1.82, 2.24) is 9.13 Å². The Bertz CT molecular complexity index is 4090. The predicted octanol–water partition coefficient (Wildman–Crippen LogP) is 17.0. The highest BCUT2D eigenvalue weighted by Crippen LogP contribution is 2.56. The molecule has 0 radical (unpaired) electrons. The van der Waals surface area contributed by atoms with Gasteiger partial charge in [0.2, 0.25) is 0 Å². The van der Waals surface area contributed by atoms with Crippen molar-refractivity contribution in [3.8, 4) is 62.0 Å². The normalized spacial score (nSPS) is 14.3. The van der Waals surface area contributed by atoms with E-state index < -0.39 is 11.7 Å². The van der Waals surface area contributed by atoms with E-state index in [0.29, 0.717) is 33.4 Å². The van der Waals surface area contributed by atoms with Gasteiger partial charge in [0, 0.05) is 43.5 Å². The maximum Gasteiger partial charge on any atom is 0.416 e. The summed E-state index contributed by atoms with van der Waals surface area (Å²) in [7, 11) is 0. The van der Waals surface area contributed by atoms with Crippen LogP contribution in [0.2, 0.25) is 0 Å². The van der Waals surface area contributed by atoms with Gasteiger partial charge >= 0.3 is 6.18 Å². The average Bonchev–Trinajstić information content (AvgIpc) is 4.01. The van der Waals surface area contributed by atoms with Crippen LogP contribution < -0.4 is 0 Å². The molecule has 2 aliphatic rings. The van der Waals surface area contributed by atoms with Crippen LogP contribution in [0.15, 0.2) is 176 Å². The quantitative estimate of drug-likeness (QED) is 0.173. The van der Waals surface area contributed by atoms with Gasteiger partial charge in [0.25, 0.3) is 0 Å². The molecule has 0 aliphatic heterocycles. The summed E-state index contributed by atoms with van der Waals surface area (Å²) in [5, 5.41) is 15.8. The zero-order valence-electron chi connectivity index (χ0n) is 38.7. The number of aromatic nitrogens is 2. The van der Waals surface area contributed by atoms with Gasteiger partial charge in [-0.1, -0.05) is 149 Å². The minimum absolute atomic E-state index is 0.314. The molecule has 0 bridgehead atoms. The van der Waals surface area contributed by atoms with Gasteiger partial charge in [0.1, 0.15) is 0 Å². The van der Waals surface area contributed by atoms with Crippen LogP contribution in [-0.4, -0.2) is 9.13 Å². The third-order valence-corrected chi connectivity index (χ3v) is 15.4. The van der Waals surface area contributed by atoms with E-state index in [1.54, 1.807) is 6.92 Å². The van der Waals surface area contributed by atoms with Crippen molar-refractivity contribution in [2.75, 3.05) is 0 Å². The van der Waals surface area contributed by atoms with Crippen molar-refractivity contribution >= 4 is 43.6 Å². The molecule has 0 saturated heterocycles. The van der Waals surface area contributed by atoms with Crippen molar-refractivity contribution in [3.63, 3.8) is 0 Å². The molecular formula is C63H44F3N3. The van der Waals surface area contributed by atoms with E-state index in [9.17, 15) is 18.4 Å². The third kappa shape index (κ3) is 5.56. The van der Waals surface area contributed by atoms with Crippen LogP contribution in [0.25, 0.3) is 99.5 Å². The van der Waals surface area contributed by atoms with Crippen molar-refractivity contribution in [2.24, 2.45) is 0 Å². The molecule has 3 nitrogen and oxygen atoms in total. The molecule has 0 unspecified atom stereocenters. The summed E-state index contributed by atoms with van der Waals surface area (Å²) in [6.07, 6.45) is -4.58.